The van der Waals surface area contributed by atoms with Crippen LogP contribution in [0.3, 0.4) is 0 Å². The van der Waals surface area contributed by atoms with E-state index in [4.69, 9.17) is 10.7 Å². The van der Waals surface area contributed by atoms with Gasteiger partial charge in [-0.15, -0.1) is 0 Å². The summed E-state index contributed by atoms with van der Waals surface area (Å²) in [5.74, 6) is 0.194. The Morgan fingerprint density at radius 1 is 0.773 bits per heavy atom. The Morgan fingerprint density at radius 2 is 1.41 bits per heavy atom. The van der Waals surface area contributed by atoms with Gasteiger partial charge in [-0.25, -0.2) is 4.99 Å². The summed E-state index contributed by atoms with van der Waals surface area (Å²) in [4.78, 5) is 4.69. The Balaban J connectivity index is 2.21. The van der Waals surface area contributed by atoms with E-state index in [1.54, 1.807) is 12.1 Å². The molecule has 3 aromatic carbocycles. The Kier molecular flexibility index (Phi) is 3.88. The SMILES string of the molecule is Nc1ccccc1/N=C(/c1ccccc1)c1ccccc1O. The molecule has 108 valence electrons. The second-order valence-electron chi connectivity index (χ2n) is 4.90. The van der Waals surface area contributed by atoms with Crippen molar-refractivity contribution >= 4 is 17.1 Å². The van der Waals surface area contributed by atoms with Crippen molar-refractivity contribution in [2.24, 2.45) is 4.99 Å². The van der Waals surface area contributed by atoms with E-state index in [0.717, 1.165) is 5.56 Å². The molecular weight excluding hydrogens is 272 g/mol. The minimum absolute atomic E-state index is 0.194. The molecule has 0 aromatic heterocycles. The number of anilines is 1. The quantitative estimate of drug-likeness (QED) is 0.562. The Hall–Kier alpha value is -3.07. The van der Waals surface area contributed by atoms with E-state index in [1.165, 1.54) is 0 Å². The van der Waals surface area contributed by atoms with E-state index in [1.807, 2.05) is 66.7 Å². The highest BCUT2D eigenvalue weighted by Crippen LogP contribution is 2.27. The molecule has 0 aliphatic rings. The normalized spacial score (nSPS) is 11.4. The van der Waals surface area contributed by atoms with Gasteiger partial charge >= 0.3 is 0 Å². The van der Waals surface area contributed by atoms with Crippen LogP contribution in [0.1, 0.15) is 11.1 Å². The van der Waals surface area contributed by atoms with Crippen LogP contribution in [0, 0.1) is 0 Å². The molecular formula is C19H16N2O. The van der Waals surface area contributed by atoms with Gasteiger partial charge in [0.2, 0.25) is 0 Å². The summed E-state index contributed by atoms with van der Waals surface area (Å²) < 4.78 is 0. The Labute approximate surface area is 129 Å². The molecule has 3 rings (SSSR count). The summed E-state index contributed by atoms with van der Waals surface area (Å²) in [6.07, 6.45) is 0. The number of para-hydroxylation sites is 3. The lowest BCUT2D eigenvalue weighted by molar-refractivity contribution is 0.474. The van der Waals surface area contributed by atoms with Crippen LogP contribution >= 0.6 is 0 Å². The van der Waals surface area contributed by atoms with Crippen molar-refractivity contribution in [3.05, 3.63) is 90.0 Å². The number of hydrogen-bond acceptors (Lipinski definition) is 3. The predicted molar refractivity (Wildman–Crippen MR) is 90.7 cm³/mol. The van der Waals surface area contributed by atoms with Gasteiger partial charge in [0.05, 0.1) is 17.1 Å². The van der Waals surface area contributed by atoms with Crippen LogP contribution in [0.2, 0.25) is 0 Å². The lowest BCUT2D eigenvalue weighted by Crippen LogP contribution is -2.03. The number of phenols is 1. The van der Waals surface area contributed by atoms with Gasteiger partial charge in [-0.05, 0) is 24.3 Å². The molecule has 22 heavy (non-hydrogen) atoms. The zero-order chi connectivity index (χ0) is 15.4. The molecule has 0 radical (unpaired) electrons. The van der Waals surface area contributed by atoms with Crippen LogP contribution in [0.15, 0.2) is 83.9 Å². The number of benzene rings is 3. The van der Waals surface area contributed by atoms with Crippen molar-refractivity contribution in [3.63, 3.8) is 0 Å². The van der Waals surface area contributed by atoms with Gasteiger partial charge in [0.1, 0.15) is 5.75 Å². The first-order valence-corrected chi connectivity index (χ1v) is 7.02. The van der Waals surface area contributed by atoms with Gasteiger partial charge in [-0.2, -0.15) is 0 Å². The molecule has 0 aliphatic heterocycles. The summed E-state index contributed by atoms with van der Waals surface area (Å²) in [6.45, 7) is 0. The molecule has 0 unspecified atom stereocenters. The van der Waals surface area contributed by atoms with E-state index in [2.05, 4.69) is 0 Å². The first-order chi connectivity index (χ1) is 10.8. The van der Waals surface area contributed by atoms with Gasteiger partial charge in [0.15, 0.2) is 0 Å². The maximum atomic E-state index is 10.2. The molecule has 0 spiro atoms. The zero-order valence-corrected chi connectivity index (χ0v) is 12.0. The second-order valence-corrected chi connectivity index (χ2v) is 4.90. The van der Waals surface area contributed by atoms with E-state index in [9.17, 15) is 5.11 Å². The third kappa shape index (κ3) is 2.83. The minimum atomic E-state index is 0.194. The molecule has 3 N–H and O–H groups in total. The van der Waals surface area contributed by atoms with Crippen LogP contribution in [0.5, 0.6) is 5.75 Å². The summed E-state index contributed by atoms with van der Waals surface area (Å²) in [5, 5.41) is 10.2. The van der Waals surface area contributed by atoms with Crippen molar-refractivity contribution < 1.29 is 5.11 Å². The molecule has 3 nitrogen and oxygen atoms in total. The van der Waals surface area contributed by atoms with E-state index < -0.39 is 0 Å². The van der Waals surface area contributed by atoms with Crippen molar-refractivity contribution in [1.29, 1.82) is 0 Å². The van der Waals surface area contributed by atoms with E-state index in [-0.39, 0.29) is 5.75 Å². The lowest BCUT2D eigenvalue weighted by atomic mass is 10.0. The number of hydrogen-bond donors (Lipinski definition) is 2. The Morgan fingerprint density at radius 3 is 2.14 bits per heavy atom. The van der Waals surface area contributed by atoms with Gasteiger partial charge in [0, 0.05) is 11.1 Å². The number of nitrogens with two attached hydrogens (primary N) is 1. The molecule has 0 saturated carbocycles. The monoisotopic (exact) mass is 288 g/mol. The molecule has 0 bridgehead atoms. The number of phenolic OH excluding ortho intramolecular Hbond substituents is 1. The molecule has 0 aliphatic carbocycles. The van der Waals surface area contributed by atoms with Gasteiger partial charge in [0.25, 0.3) is 0 Å². The molecule has 3 aromatic rings. The van der Waals surface area contributed by atoms with Crippen LogP contribution in [-0.2, 0) is 0 Å². The molecule has 0 amide bonds. The third-order valence-electron chi connectivity index (χ3n) is 3.38. The highest BCUT2D eigenvalue weighted by Gasteiger charge is 2.11. The van der Waals surface area contributed by atoms with E-state index in [0.29, 0.717) is 22.6 Å². The average molecular weight is 288 g/mol. The predicted octanol–water partition coefficient (Wildman–Crippen LogP) is 4.14. The van der Waals surface area contributed by atoms with Gasteiger partial charge in [-0.3, -0.25) is 0 Å². The van der Waals surface area contributed by atoms with Gasteiger partial charge < -0.3 is 10.8 Å². The maximum Gasteiger partial charge on any atom is 0.124 e. The molecule has 0 saturated heterocycles. The summed E-state index contributed by atoms with van der Waals surface area (Å²) >= 11 is 0. The maximum absolute atomic E-state index is 10.2. The fourth-order valence-electron chi connectivity index (χ4n) is 2.26. The number of nitrogens with zero attached hydrogens (tertiary/aromatic N) is 1. The first kappa shape index (κ1) is 13.9. The standard InChI is InChI=1S/C19H16N2O/c20-16-11-5-6-12-17(16)21-19(14-8-2-1-3-9-14)15-10-4-7-13-18(15)22/h1-13,22H,20H2/b21-19-. The van der Waals surface area contributed by atoms with Gasteiger partial charge in [-0.1, -0.05) is 54.6 Å². The van der Waals surface area contributed by atoms with Crippen LogP contribution in [-0.4, -0.2) is 10.8 Å². The lowest BCUT2D eigenvalue weighted by Gasteiger charge is -2.10. The van der Waals surface area contributed by atoms with Crippen molar-refractivity contribution in [3.8, 4) is 5.75 Å². The number of aliphatic imine (C=N–C) groups is 1. The van der Waals surface area contributed by atoms with Crippen molar-refractivity contribution in [1.82, 2.24) is 0 Å². The fourth-order valence-corrected chi connectivity index (χ4v) is 2.26. The minimum Gasteiger partial charge on any atom is -0.507 e. The molecule has 3 heteroatoms. The topological polar surface area (TPSA) is 58.6 Å². The fraction of sp³-hybridized carbons (Fsp3) is 0. The summed E-state index contributed by atoms with van der Waals surface area (Å²) in [5.41, 5.74) is 9.57. The first-order valence-electron chi connectivity index (χ1n) is 7.02. The zero-order valence-electron chi connectivity index (χ0n) is 12.0. The number of aromatic hydroxyl groups is 1. The largest absolute Gasteiger partial charge is 0.507 e. The smallest absolute Gasteiger partial charge is 0.124 e. The van der Waals surface area contributed by atoms with Crippen LogP contribution < -0.4 is 5.73 Å². The highest BCUT2D eigenvalue weighted by atomic mass is 16.3. The average Bonchev–Trinajstić information content (AvgIpc) is 2.56. The third-order valence-corrected chi connectivity index (χ3v) is 3.38. The molecule has 0 heterocycles. The Bertz CT molecular complexity index is 810. The van der Waals surface area contributed by atoms with Crippen LogP contribution in [0.4, 0.5) is 11.4 Å². The van der Waals surface area contributed by atoms with E-state index >= 15 is 0 Å². The van der Waals surface area contributed by atoms with Crippen LogP contribution in [0.25, 0.3) is 0 Å². The molecule has 0 atom stereocenters. The molecule has 0 fully saturated rings. The number of nitrogen functional groups attached to an aromatic ring is 1. The van der Waals surface area contributed by atoms with Crippen molar-refractivity contribution in [2.45, 2.75) is 0 Å². The number of rotatable bonds is 3. The highest BCUT2D eigenvalue weighted by molar-refractivity contribution is 6.15. The summed E-state index contributed by atoms with van der Waals surface area (Å²) in [7, 11) is 0. The van der Waals surface area contributed by atoms with Crippen molar-refractivity contribution in [2.75, 3.05) is 5.73 Å². The summed E-state index contributed by atoms with van der Waals surface area (Å²) in [6, 6.07) is 24.4. The second kappa shape index (κ2) is 6.14.